The molecule has 0 aromatic heterocycles. The molecule has 0 amide bonds. The molecule has 0 unspecified atom stereocenters. The van der Waals surface area contributed by atoms with E-state index in [0.717, 1.165) is 29.4 Å². The Morgan fingerprint density at radius 1 is 0.885 bits per heavy atom. The average molecular weight is 375 g/mol. The van der Waals surface area contributed by atoms with Crippen LogP contribution in [-0.4, -0.2) is 0 Å². The van der Waals surface area contributed by atoms with E-state index in [9.17, 15) is 8.78 Å². The molecule has 0 aliphatic carbocycles. The van der Waals surface area contributed by atoms with Gasteiger partial charge < -0.3 is 10.2 Å². The lowest BCUT2D eigenvalue weighted by atomic mass is 10.2. The highest BCUT2D eigenvalue weighted by molar-refractivity contribution is 6.30. The van der Waals surface area contributed by atoms with Crippen molar-refractivity contribution in [3.63, 3.8) is 0 Å². The molecule has 3 nitrogen and oxygen atoms in total. The summed E-state index contributed by atoms with van der Waals surface area (Å²) in [5.74, 6) is -0.471. The van der Waals surface area contributed by atoms with E-state index in [0.29, 0.717) is 17.3 Å². The predicted molar refractivity (Wildman–Crippen MR) is 99.0 cm³/mol. The van der Waals surface area contributed by atoms with Crippen molar-refractivity contribution in [2.24, 2.45) is 0 Å². The molecule has 0 radical (unpaired) electrons. The smallest absolute Gasteiger partial charge is 0.130 e. The molecule has 3 aromatic carbocycles. The minimum absolute atomic E-state index is 0.0790. The Balaban J connectivity index is 1.66. The Morgan fingerprint density at radius 3 is 2.50 bits per heavy atom. The topological polar surface area (TPSA) is 33.3 Å². The van der Waals surface area contributed by atoms with Gasteiger partial charge in [0.25, 0.3) is 0 Å². The van der Waals surface area contributed by atoms with Gasteiger partial charge in [0.1, 0.15) is 24.0 Å². The maximum absolute atomic E-state index is 13.7. The van der Waals surface area contributed by atoms with Crippen LogP contribution in [0.1, 0.15) is 11.1 Å². The maximum atomic E-state index is 13.7. The van der Waals surface area contributed by atoms with Crippen LogP contribution in [0.5, 0.6) is 5.75 Å². The highest BCUT2D eigenvalue weighted by atomic mass is 35.5. The van der Waals surface area contributed by atoms with Crippen LogP contribution < -0.4 is 15.6 Å². The van der Waals surface area contributed by atoms with Crippen molar-refractivity contribution < 1.29 is 13.5 Å². The van der Waals surface area contributed by atoms with E-state index in [2.05, 4.69) is 10.9 Å². The SMILES string of the molecule is Fc1ccc(F)c(COc2ccc(Cl)cc2CNNc2ccccc2)c1. The Morgan fingerprint density at radius 2 is 1.69 bits per heavy atom. The van der Waals surface area contributed by atoms with Crippen LogP contribution >= 0.6 is 11.6 Å². The molecule has 2 N–H and O–H groups in total. The first kappa shape index (κ1) is 18.2. The molecule has 26 heavy (non-hydrogen) atoms. The van der Waals surface area contributed by atoms with Gasteiger partial charge in [-0.2, -0.15) is 0 Å². The maximum Gasteiger partial charge on any atom is 0.130 e. The lowest BCUT2D eigenvalue weighted by Crippen LogP contribution is -2.21. The number of hydrogen-bond donors (Lipinski definition) is 2. The lowest BCUT2D eigenvalue weighted by Gasteiger charge is -2.14. The fourth-order valence-electron chi connectivity index (χ4n) is 2.40. The zero-order valence-electron chi connectivity index (χ0n) is 13.8. The van der Waals surface area contributed by atoms with E-state index < -0.39 is 11.6 Å². The molecule has 3 aromatic rings. The van der Waals surface area contributed by atoms with E-state index in [1.807, 2.05) is 30.3 Å². The molecule has 6 heteroatoms. The number of para-hydroxylation sites is 1. The van der Waals surface area contributed by atoms with Crippen molar-refractivity contribution in [1.82, 2.24) is 5.43 Å². The highest BCUT2D eigenvalue weighted by Crippen LogP contribution is 2.24. The molecular formula is C20H17ClF2N2O. The van der Waals surface area contributed by atoms with Gasteiger partial charge in [-0.25, -0.2) is 14.2 Å². The van der Waals surface area contributed by atoms with Crippen LogP contribution in [0.3, 0.4) is 0 Å². The van der Waals surface area contributed by atoms with Crippen molar-refractivity contribution in [2.75, 3.05) is 5.43 Å². The normalized spacial score (nSPS) is 10.6. The highest BCUT2D eigenvalue weighted by Gasteiger charge is 2.09. The number of rotatable bonds is 7. The van der Waals surface area contributed by atoms with Crippen LogP contribution in [0.15, 0.2) is 66.7 Å². The number of benzene rings is 3. The first-order valence-corrected chi connectivity index (χ1v) is 8.39. The number of ether oxygens (including phenoxy) is 1. The zero-order chi connectivity index (χ0) is 18.4. The molecule has 0 saturated carbocycles. The number of halogens is 3. The van der Waals surface area contributed by atoms with Crippen molar-refractivity contribution >= 4 is 17.3 Å². The fraction of sp³-hybridized carbons (Fsp3) is 0.100. The first-order chi connectivity index (χ1) is 12.6. The van der Waals surface area contributed by atoms with Crippen molar-refractivity contribution in [3.05, 3.63) is 94.5 Å². The molecular weight excluding hydrogens is 358 g/mol. The first-order valence-electron chi connectivity index (χ1n) is 8.01. The van der Waals surface area contributed by atoms with Crippen molar-refractivity contribution in [1.29, 1.82) is 0 Å². The molecule has 0 fully saturated rings. The molecule has 0 heterocycles. The van der Waals surface area contributed by atoms with Gasteiger partial charge in [0, 0.05) is 28.4 Å². The van der Waals surface area contributed by atoms with E-state index in [4.69, 9.17) is 16.3 Å². The second-order valence-corrected chi connectivity index (χ2v) is 6.06. The van der Waals surface area contributed by atoms with Crippen LogP contribution in [0.2, 0.25) is 5.02 Å². The van der Waals surface area contributed by atoms with E-state index in [1.165, 1.54) is 0 Å². The molecule has 0 atom stereocenters. The quantitative estimate of drug-likeness (QED) is 0.549. The summed E-state index contributed by atoms with van der Waals surface area (Å²) in [6.45, 7) is 0.348. The minimum Gasteiger partial charge on any atom is -0.488 e. The Labute approximate surface area is 155 Å². The number of anilines is 1. The summed E-state index contributed by atoms with van der Waals surface area (Å²) in [4.78, 5) is 0. The van der Waals surface area contributed by atoms with Gasteiger partial charge >= 0.3 is 0 Å². The fourth-order valence-corrected chi connectivity index (χ4v) is 2.59. The van der Waals surface area contributed by atoms with Gasteiger partial charge in [0.05, 0.1) is 0 Å². The number of nitrogens with one attached hydrogen (secondary N) is 2. The van der Waals surface area contributed by atoms with Gasteiger partial charge in [0.2, 0.25) is 0 Å². The molecule has 0 aliphatic rings. The Hall–Kier alpha value is -2.63. The monoisotopic (exact) mass is 374 g/mol. The van der Waals surface area contributed by atoms with Gasteiger partial charge in [0.15, 0.2) is 0 Å². The molecule has 0 spiro atoms. The molecule has 134 valence electrons. The van der Waals surface area contributed by atoms with Crippen LogP contribution in [-0.2, 0) is 13.2 Å². The number of hydrazine groups is 1. The van der Waals surface area contributed by atoms with Crippen LogP contribution in [0, 0.1) is 11.6 Å². The average Bonchev–Trinajstić information content (AvgIpc) is 2.64. The van der Waals surface area contributed by atoms with Gasteiger partial charge in [-0.1, -0.05) is 29.8 Å². The molecule has 3 rings (SSSR count). The Kier molecular flexibility index (Phi) is 6.04. The van der Waals surface area contributed by atoms with Crippen molar-refractivity contribution in [2.45, 2.75) is 13.2 Å². The summed E-state index contributed by atoms with van der Waals surface area (Å²) in [7, 11) is 0. The summed E-state index contributed by atoms with van der Waals surface area (Å²) in [6.07, 6.45) is 0. The van der Waals surface area contributed by atoms with Crippen LogP contribution in [0.25, 0.3) is 0 Å². The minimum atomic E-state index is -0.509. The predicted octanol–water partition coefficient (Wildman–Crippen LogP) is 5.31. The molecule has 0 bridgehead atoms. The van der Waals surface area contributed by atoms with Gasteiger partial charge in [-0.3, -0.25) is 0 Å². The summed E-state index contributed by atoms with van der Waals surface area (Å²) in [5.41, 5.74) is 8.01. The zero-order valence-corrected chi connectivity index (χ0v) is 14.6. The standard InChI is InChI=1S/C20H17ClF2N2O/c21-16-6-9-20(26-13-15-11-17(22)7-8-19(15)23)14(10-16)12-24-25-18-4-2-1-3-5-18/h1-11,24-25H,12-13H2. The van der Waals surface area contributed by atoms with E-state index in [1.54, 1.807) is 18.2 Å². The van der Waals surface area contributed by atoms with Gasteiger partial charge in [-0.05, 0) is 48.5 Å². The van der Waals surface area contributed by atoms with Crippen LogP contribution in [0.4, 0.5) is 14.5 Å². The van der Waals surface area contributed by atoms with E-state index in [-0.39, 0.29) is 12.2 Å². The van der Waals surface area contributed by atoms with Gasteiger partial charge in [-0.15, -0.1) is 0 Å². The molecule has 0 aliphatic heterocycles. The summed E-state index contributed by atoms with van der Waals surface area (Å²) in [5, 5.41) is 0.561. The van der Waals surface area contributed by atoms with Crippen molar-refractivity contribution in [3.8, 4) is 5.75 Å². The summed E-state index contributed by atoms with van der Waals surface area (Å²) >= 11 is 6.06. The number of hydrogen-bond acceptors (Lipinski definition) is 3. The third kappa shape index (κ3) is 4.94. The Bertz CT molecular complexity index is 875. The van der Waals surface area contributed by atoms with E-state index >= 15 is 0 Å². The second kappa shape index (κ2) is 8.65. The largest absolute Gasteiger partial charge is 0.488 e. The third-order valence-corrected chi connectivity index (χ3v) is 3.93. The summed E-state index contributed by atoms with van der Waals surface area (Å²) < 4.78 is 32.7. The second-order valence-electron chi connectivity index (χ2n) is 5.62. The molecule has 0 saturated heterocycles. The summed E-state index contributed by atoms with van der Waals surface area (Å²) in [6, 6.07) is 18.1. The third-order valence-electron chi connectivity index (χ3n) is 3.70. The lowest BCUT2D eigenvalue weighted by molar-refractivity contribution is 0.295.